The van der Waals surface area contributed by atoms with Crippen LogP contribution in [-0.2, 0) is 0 Å². The van der Waals surface area contributed by atoms with E-state index in [1.807, 2.05) is 57.2 Å². The van der Waals surface area contributed by atoms with Crippen molar-refractivity contribution in [2.24, 2.45) is 0 Å². The van der Waals surface area contributed by atoms with Crippen LogP contribution in [0, 0.1) is 19.7 Å². The number of nitrogens with zero attached hydrogens (tertiary/aromatic N) is 3. The van der Waals surface area contributed by atoms with Crippen molar-refractivity contribution in [2.45, 2.75) is 26.8 Å². The number of carbonyl (C=O) groups excluding carboxylic acids is 1. The number of hydrogen-bond donors (Lipinski definition) is 1. The van der Waals surface area contributed by atoms with Crippen LogP contribution in [0.4, 0.5) is 14.9 Å². The molecule has 5 rings (SSSR count). The van der Waals surface area contributed by atoms with Gasteiger partial charge in [-0.1, -0.05) is 41.6 Å². The average molecular weight is 485 g/mol. The molecule has 0 fully saturated rings. The molecule has 36 heavy (non-hydrogen) atoms. The zero-order valence-corrected chi connectivity index (χ0v) is 20.4. The molecule has 0 aliphatic carbocycles. The topological polar surface area (TPSA) is 80.5 Å². The van der Waals surface area contributed by atoms with Gasteiger partial charge in [-0.3, -0.25) is 4.90 Å². The van der Waals surface area contributed by atoms with E-state index in [1.54, 1.807) is 30.2 Å². The molecule has 7 nitrogen and oxygen atoms in total. The highest BCUT2D eigenvalue weighted by Crippen LogP contribution is 2.40. The van der Waals surface area contributed by atoms with Crippen LogP contribution in [-0.4, -0.2) is 23.3 Å². The van der Waals surface area contributed by atoms with Crippen molar-refractivity contribution in [1.82, 2.24) is 15.5 Å². The average Bonchev–Trinajstić information content (AvgIpc) is 3.35. The van der Waals surface area contributed by atoms with E-state index in [2.05, 4.69) is 15.5 Å². The van der Waals surface area contributed by atoms with Crippen molar-refractivity contribution in [2.75, 3.05) is 12.0 Å². The zero-order valence-electron chi connectivity index (χ0n) is 20.4. The summed E-state index contributed by atoms with van der Waals surface area (Å²) < 4.78 is 24.9. The van der Waals surface area contributed by atoms with Gasteiger partial charge in [0.25, 0.3) is 5.89 Å². The number of aromatic nitrogens is 2. The fourth-order valence-electron chi connectivity index (χ4n) is 4.35. The highest BCUT2D eigenvalue weighted by atomic mass is 19.1. The monoisotopic (exact) mass is 484 g/mol. The second kappa shape index (κ2) is 9.30. The SMILES string of the molecule is COc1cccc(N2C(=O)NC(c3ccc(C)c(C)c3)C(c3nc(-c4cccc(F)c4)no3)=C2C)c1. The highest BCUT2D eigenvalue weighted by Gasteiger charge is 2.36. The van der Waals surface area contributed by atoms with E-state index in [9.17, 15) is 9.18 Å². The number of methoxy groups -OCH3 is 1. The quantitative estimate of drug-likeness (QED) is 0.365. The van der Waals surface area contributed by atoms with E-state index in [1.165, 1.54) is 12.1 Å². The van der Waals surface area contributed by atoms with Crippen molar-refractivity contribution in [3.05, 3.63) is 101 Å². The molecule has 3 aromatic carbocycles. The van der Waals surface area contributed by atoms with E-state index in [0.29, 0.717) is 28.3 Å². The maximum absolute atomic E-state index is 13.8. The molecular weight excluding hydrogens is 459 g/mol. The minimum absolute atomic E-state index is 0.239. The summed E-state index contributed by atoms with van der Waals surface area (Å²) in [5.74, 6) is 0.727. The molecule has 0 spiro atoms. The Kier molecular flexibility index (Phi) is 6.01. The van der Waals surface area contributed by atoms with Gasteiger partial charge in [0.05, 0.1) is 24.4 Å². The van der Waals surface area contributed by atoms with E-state index in [0.717, 1.165) is 16.7 Å². The van der Waals surface area contributed by atoms with Gasteiger partial charge in [-0.2, -0.15) is 4.98 Å². The van der Waals surface area contributed by atoms with E-state index in [4.69, 9.17) is 9.26 Å². The molecule has 1 unspecified atom stereocenters. The number of benzene rings is 3. The standard InChI is InChI=1S/C28H25FN4O3/c1-16-11-12-19(13-17(16)2)25-24(27-31-26(32-36-27)20-7-5-8-21(29)14-20)18(3)33(28(34)30-25)22-9-6-10-23(15-22)35-4/h5-15,25H,1-4H3,(H,30,34). The number of anilines is 1. The number of hydrogen-bond acceptors (Lipinski definition) is 5. The summed E-state index contributed by atoms with van der Waals surface area (Å²) in [7, 11) is 1.58. The summed E-state index contributed by atoms with van der Waals surface area (Å²) in [6, 6.07) is 18.5. The number of nitrogens with one attached hydrogen (secondary N) is 1. The van der Waals surface area contributed by atoms with E-state index < -0.39 is 11.9 Å². The Morgan fingerprint density at radius 1 is 1.00 bits per heavy atom. The number of rotatable bonds is 5. The molecule has 0 bridgehead atoms. The van der Waals surface area contributed by atoms with Gasteiger partial charge in [0, 0.05) is 17.3 Å². The van der Waals surface area contributed by atoms with Crippen molar-refractivity contribution in [3.63, 3.8) is 0 Å². The zero-order chi connectivity index (χ0) is 25.4. The Morgan fingerprint density at radius 2 is 1.81 bits per heavy atom. The molecule has 2 amide bonds. The van der Waals surface area contributed by atoms with Crippen LogP contribution in [0.15, 0.2) is 77.0 Å². The second-order valence-corrected chi connectivity index (χ2v) is 8.70. The first-order chi connectivity index (χ1) is 17.4. The number of halogens is 1. The molecule has 1 aliphatic heterocycles. The largest absolute Gasteiger partial charge is 0.497 e. The third-order valence-electron chi connectivity index (χ3n) is 6.40. The molecule has 0 radical (unpaired) electrons. The highest BCUT2D eigenvalue weighted by molar-refractivity contribution is 6.01. The molecule has 8 heteroatoms. The summed E-state index contributed by atoms with van der Waals surface area (Å²) >= 11 is 0. The first-order valence-corrected chi connectivity index (χ1v) is 11.5. The third-order valence-corrected chi connectivity index (χ3v) is 6.40. The molecule has 1 atom stereocenters. The minimum atomic E-state index is -0.528. The van der Waals surface area contributed by atoms with Crippen molar-refractivity contribution < 1.29 is 18.4 Å². The first-order valence-electron chi connectivity index (χ1n) is 11.5. The lowest BCUT2D eigenvalue weighted by molar-refractivity contribution is 0.244. The van der Waals surface area contributed by atoms with Gasteiger partial charge < -0.3 is 14.6 Å². The van der Waals surface area contributed by atoms with Crippen LogP contribution in [0.25, 0.3) is 17.0 Å². The Bertz CT molecular complexity index is 1490. The predicted molar refractivity (Wildman–Crippen MR) is 135 cm³/mol. The Labute approximate surface area is 208 Å². The minimum Gasteiger partial charge on any atom is -0.497 e. The van der Waals surface area contributed by atoms with Crippen LogP contribution < -0.4 is 15.0 Å². The van der Waals surface area contributed by atoms with Gasteiger partial charge in [0.1, 0.15) is 11.6 Å². The van der Waals surface area contributed by atoms with Crippen LogP contribution in [0.2, 0.25) is 0 Å². The van der Waals surface area contributed by atoms with Crippen LogP contribution in [0.1, 0.15) is 35.5 Å². The van der Waals surface area contributed by atoms with Crippen LogP contribution in [0.5, 0.6) is 5.75 Å². The fourth-order valence-corrected chi connectivity index (χ4v) is 4.35. The smallest absolute Gasteiger partial charge is 0.327 e. The summed E-state index contributed by atoms with van der Waals surface area (Å²) in [4.78, 5) is 19.6. The molecular formula is C28H25FN4O3. The van der Waals surface area contributed by atoms with Gasteiger partial charge in [-0.15, -0.1) is 0 Å². The van der Waals surface area contributed by atoms with Crippen LogP contribution >= 0.6 is 0 Å². The van der Waals surface area contributed by atoms with E-state index in [-0.39, 0.29) is 17.7 Å². The number of aryl methyl sites for hydroxylation is 2. The summed E-state index contributed by atoms with van der Waals surface area (Å²) in [5.41, 5.74) is 5.53. The summed E-state index contributed by atoms with van der Waals surface area (Å²) in [6.45, 7) is 5.90. The lowest BCUT2D eigenvalue weighted by Crippen LogP contribution is -2.46. The Morgan fingerprint density at radius 3 is 2.56 bits per heavy atom. The molecule has 4 aromatic rings. The lowest BCUT2D eigenvalue weighted by Gasteiger charge is -2.35. The molecule has 0 saturated heterocycles. The van der Waals surface area contributed by atoms with Crippen molar-refractivity contribution in [3.8, 4) is 17.1 Å². The summed E-state index contributed by atoms with van der Waals surface area (Å²) in [6.07, 6.45) is 0. The molecule has 1 aromatic heterocycles. The Balaban J connectivity index is 1.67. The number of amides is 2. The second-order valence-electron chi connectivity index (χ2n) is 8.70. The van der Waals surface area contributed by atoms with Gasteiger partial charge >= 0.3 is 6.03 Å². The maximum Gasteiger partial charge on any atom is 0.327 e. The predicted octanol–water partition coefficient (Wildman–Crippen LogP) is 6.20. The molecule has 2 heterocycles. The van der Waals surface area contributed by atoms with Gasteiger partial charge in [0.15, 0.2) is 0 Å². The molecule has 0 saturated carbocycles. The maximum atomic E-state index is 13.8. The summed E-state index contributed by atoms with van der Waals surface area (Å²) in [5, 5.41) is 7.21. The molecule has 1 N–H and O–H groups in total. The third kappa shape index (κ3) is 4.22. The first kappa shape index (κ1) is 23.3. The van der Waals surface area contributed by atoms with Crippen molar-refractivity contribution >= 4 is 17.3 Å². The van der Waals surface area contributed by atoms with E-state index >= 15 is 0 Å². The molecule has 182 valence electrons. The fraction of sp³-hybridized carbons (Fsp3) is 0.179. The van der Waals surface area contributed by atoms with Crippen molar-refractivity contribution in [1.29, 1.82) is 0 Å². The number of ether oxygens (including phenoxy) is 1. The van der Waals surface area contributed by atoms with Gasteiger partial charge in [-0.05, 0) is 61.7 Å². The van der Waals surface area contributed by atoms with Gasteiger partial charge in [-0.25, -0.2) is 9.18 Å². The number of carbonyl (C=O) groups is 1. The number of urea groups is 1. The van der Waals surface area contributed by atoms with Crippen LogP contribution in [0.3, 0.4) is 0 Å². The van der Waals surface area contributed by atoms with Gasteiger partial charge in [0.2, 0.25) is 5.82 Å². The molecule has 1 aliphatic rings. The Hall–Kier alpha value is -4.46. The normalized spacial score (nSPS) is 15.8. The number of allylic oxidation sites excluding steroid dienone is 1. The lowest BCUT2D eigenvalue weighted by atomic mass is 9.92.